The second-order valence-corrected chi connectivity index (χ2v) is 8.12. The lowest BCUT2D eigenvalue weighted by Crippen LogP contribution is -1.85. The Kier molecular flexibility index (Phi) is 6.11. The van der Waals surface area contributed by atoms with Crippen LogP contribution in [-0.4, -0.2) is 15.9 Å². The highest BCUT2D eigenvalue weighted by molar-refractivity contribution is 8.01. The van der Waals surface area contributed by atoms with Gasteiger partial charge in [0.15, 0.2) is 4.34 Å². The van der Waals surface area contributed by atoms with E-state index in [1.165, 1.54) is 46.9 Å². The molecule has 0 radical (unpaired) electrons. The standard InChI is InChI=1S/C18H22N2OS2/c1-14-13-15(21-20-14)9-5-3-2-4-8-12-22-18-19-16-10-6-7-11-17(16)23-18/h6-7,10-11,13H,2-5,8-9,12H2,1H3. The highest BCUT2D eigenvalue weighted by Crippen LogP contribution is 2.29. The van der Waals surface area contributed by atoms with E-state index < -0.39 is 0 Å². The number of nitrogens with zero attached hydrogens (tertiary/aromatic N) is 2. The molecule has 3 rings (SSSR count). The first-order valence-electron chi connectivity index (χ1n) is 8.22. The maximum Gasteiger partial charge on any atom is 0.151 e. The summed E-state index contributed by atoms with van der Waals surface area (Å²) in [6.45, 7) is 1.97. The summed E-state index contributed by atoms with van der Waals surface area (Å²) in [5, 5.41) is 3.92. The van der Waals surface area contributed by atoms with Crippen LogP contribution in [0.5, 0.6) is 0 Å². The van der Waals surface area contributed by atoms with Gasteiger partial charge in [0.05, 0.1) is 15.9 Å². The third-order valence-corrected chi connectivity index (χ3v) is 6.01. The molecule has 0 spiro atoms. The fourth-order valence-corrected chi connectivity index (χ4v) is 4.68. The van der Waals surface area contributed by atoms with Crippen LogP contribution in [0.3, 0.4) is 0 Å². The Morgan fingerprint density at radius 1 is 1.09 bits per heavy atom. The zero-order chi connectivity index (χ0) is 15.9. The van der Waals surface area contributed by atoms with E-state index in [-0.39, 0.29) is 0 Å². The Morgan fingerprint density at radius 3 is 2.74 bits per heavy atom. The highest BCUT2D eigenvalue weighted by Gasteiger charge is 2.03. The molecule has 3 nitrogen and oxygen atoms in total. The molecule has 0 N–H and O–H groups in total. The van der Waals surface area contributed by atoms with Gasteiger partial charge in [-0.1, -0.05) is 48.3 Å². The Hall–Kier alpha value is -1.33. The van der Waals surface area contributed by atoms with Crippen LogP contribution in [0.4, 0.5) is 0 Å². The summed E-state index contributed by atoms with van der Waals surface area (Å²) in [5.74, 6) is 2.19. The van der Waals surface area contributed by atoms with Crippen LogP contribution in [-0.2, 0) is 6.42 Å². The predicted octanol–water partition coefficient (Wildman–Crippen LogP) is 5.88. The molecule has 3 aromatic rings. The molecule has 0 unspecified atom stereocenters. The van der Waals surface area contributed by atoms with E-state index in [2.05, 4.69) is 34.4 Å². The lowest BCUT2D eigenvalue weighted by Gasteiger charge is -2.00. The van der Waals surface area contributed by atoms with Gasteiger partial charge in [0.25, 0.3) is 0 Å². The number of rotatable bonds is 9. The van der Waals surface area contributed by atoms with E-state index in [1.807, 2.05) is 24.8 Å². The minimum Gasteiger partial charge on any atom is -0.361 e. The molecule has 1 aromatic carbocycles. The monoisotopic (exact) mass is 346 g/mol. The van der Waals surface area contributed by atoms with Gasteiger partial charge in [-0.3, -0.25) is 0 Å². The topological polar surface area (TPSA) is 38.9 Å². The molecule has 122 valence electrons. The molecule has 5 heteroatoms. The summed E-state index contributed by atoms with van der Waals surface area (Å²) >= 11 is 3.70. The summed E-state index contributed by atoms with van der Waals surface area (Å²) in [5.41, 5.74) is 2.11. The van der Waals surface area contributed by atoms with Gasteiger partial charge >= 0.3 is 0 Å². The van der Waals surface area contributed by atoms with E-state index in [1.54, 1.807) is 11.3 Å². The summed E-state index contributed by atoms with van der Waals surface area (Å²) in [7, 11) is 0. The van der Waals surface area contributed by atoms with E-state index in [0.717, 1.165) is 23.4 Å². The Bertz CT molecular complexity index is 702. The average molecular weight is 347 g/mol. The van der Waals surface area contributed by atoms with Crippen LogP contribution in [0.1, 0.15) is 43.6 Å². The summed E-state index contributed by atoms with van der Waals surface area (Å²) < 4.78 is 7.71. The third-order valence-electron chi connectivity index (χ3n) is 3.74. The number of aromatic nitrogens is 2. The summed E-state index contributed by atoms with van der Waals surface area (Å²) in [4.78, 5) is 4.66. The maximum absolute atomic E-state index is 5.22. The Labute approximate surface area is 145 Å². The van der Waals surface area contributed by atoms with E-state index in [0.29, 0.717) is 0 Å². The second kappa shape index (κ2) is 8.50. The van der Waals surface area contributed by atoms with Crippen molar-refractivity contribution in [3.05, 3.63) is 41.8 Å². The highest BCUT2D eigenvalue weighted by atomic mass is 32.2. The zero-order valence-electron chi connectivity index (χ0n) is 13.5. The molecule has 0 aliphatic carbocycles. The van der Waals surface area contributed by atoms with Gasteiger partial charge in [0.1, 0.15) is 5.76 Å². The molecule has 0 amide bonds. The largest absolute Gasteiger partial charge is 0.361 e. The number of unbranched alkanes of at least 4 members (excludes halogenated alkanes) is 4. The van der Waals surface area contributed by atoms with Crippen LogP contribution in [0.15, 0.2) is 39.2 Å². The van der Waals surface area contributed by atoms with Gasteiger partial charge < -0.3 is 4.52 Å². The Balaban J connectivity index is 1.25. The van der Waals surface area contributed by atoms with Crippen LogP contribution in [0, 0.1) is 6.92 Å². The van der Waals surface area contributed by atoms with Crippen LogP contribution in [0.2, 0.25) is 0 Å². The molecule has 0 atom stereocenters. The molecule has 0 saturated carbocycles. The normalized spacial score (nSPS) is 11.3. The van der Waals surface area contributed by atoms with Gasteiger partial charge in [-0.25, -0.2) is 4.98 Å². The first kappa shape index (κ1) is 16.5. The smallest absolute Gasteiger partial charge is 0.151 e. The van der Waals surface area contributed by atoms with E-state index in [4.69, 9.17) is 4.52 Å². The predicted molar refractivity (Wildman–Crippen MR) is 98.4 cm³/mol. The minimum absolute atomic E-state index is 0.979. The number of para-hydroxylation sites is 1. The lowest BCUT2D eigenvalue weighted by molar-refractivity contribution is 0.375. The molecule has 0 aliphatic heterocycles. The first-order chi connectivity index (χ1) is 11.3. The van der Waals surface area contributed by atoms with E-state index in [9.17, 15) is 0 Å². The van der Waals surface area contributed by atoms with Crippen molar-refractivity contribution in [3.63, 3.8) is 0 Å². The molecule has 2 heterocycles. The van der Waals surface area contributed by atoms with Crippen molar-refractivity contribution in [2.75, 3.05) is 5.75 Å². The Morgan fingerprint density at radius 2 is 1.91 bits per heavy atom. The number of aryl methyl sites for hydroxylation is 2. The van der Waals surface area contributed by atoms with Crippen molar-refractivity contribution in [3.8, 4) is 0 Å². The van der Waals surface area contributed by atoms with Gasteiger partial charge in [-0.2, -0.15) is 0 Å². The fourth-order valence-electron chi connectivity index (χ4n) is 2.54. The third kappa shape index (κ3) is 5.08. The molecular formula is C18H22N2OS2. The second-order valence-electron chi connectivity index (χ2n) is 5.75. The number of thiazole rings is 1. The van der Waals surface area contributed by atoms with Crippen molar-refractivity contribution in [2.45, 2.75) is 49.8 Å². The number of thioether (sulfide) groups is 1. The molecule has 23 heavy (non-hydrogen) atoms. The maximum atomic E-state index is 5.22. The molecule has 0 fully saturated rings. The quantitative estimate of drug-likeness (QED) is 0.358. The van der Waals surface area contributed by atoms with Crippen LogP contribution in [0.25, 0.3) is 10.2 Å². The minimum atomic E-state index is 0.979. The van der Waals surface area contributed by atoms with Crippen molar-refractivity contribution >= 4 is 33.3 Å². The number of hydrogen-bond acceptors (Lipinski definition) is 5. The molecule has 2 aromatic heterocycles. The first-order valence-corrected chi connectivity index (χ1v) is 10.0. The SMILES string of the molecule is Cc1cc(CCCCCCCSc2nc3ccccc3s2)on1. The van der Waals surface area contributed by atoms with Crippen LogP contribution < -0.4 is 0 Å². The average Bonchev–Trinajstić information content (AvgIpc) is 3.15. The summed E-state index contributed by atoms with van der Waals surface area (Å²) in [6.07, 6.45) is 7.34. The lowest BCUT2D eigenvalue weighted by atomic mass is 10.1. The van der Waals surface area contributed by atoms with Gasteiger partial charge in [-0.15, -0.1) is 11.3 Å². The van der Waals surface area contributed by atoms with Crippen molar-refractivity contribution in [1.82, 2.24) is 10.1 Å². The van der Waals surface area contributed by atoms with Gasteiger partial charge in [0.2, 0.25) is 0 Å². The van der Waals surface area contributed by atoms with Gasteiger partial charge in [-0.05, 0) is 31.9 Å². The fraction of sp³-hybridized carbons (Fsp3) is 0.444. The van der Waals surface area contributed by atoms with Crippen molar-refractivity contribution < 1.29 is 4.52 Å². The molecule has 0 saturated heterocycles. The number of hydrogen-bond donors (Lipinski definition) is 0. The van der Waals surface area contributed by atoms with Crippen molar-refractivity contribution in [1.29, 1.82) is 0 Å². The molecule has 0 bridgehead atoms. The van der Waals surface area contributed by atoms with E-state index >= 15 is 0 Å². The zero-order valence-corrected chi connectivity index (χ0v) is 15.1. The van der Waals surface area contributed by atoms with Gasteiger partial charge in [0, 0.05) is 18.2 Å². The number of benzene rings is 1. The van der Waals surface area contributed by atoms with Crippen molar-refractivity contribution in [2.24, 2.45) is 0 Å². The summed E-state index contributed by atoms with van der Waals surface area (Å²) in [6, 6.07) is 10.4. The molecular weight excluding hydrogens is 324 g/mol. The van der Waals surface area contributed by atoms with Crippen LogP contribution >= 0.6 is 23.1 Å². The number of fused-ring (bicyclic) bond motifs is 1. The molecule has 0 aliphatic rings.